The van der Waals surface area contributed by atoms with Crippen LogP contribution in [-0.2, 0) is 24.0 Å². The van der Waals surface area contributed by atoms with Gasteiger partial charge >= 0.3 is 0 Å². The van der Waals surface area contributed by atoms with Crippen molar-refractivity contribution in [1.29, 1.82) is 0 Å². The van der Waals surface area contributed by atoms with Crippen molar-refractivity contribution in [2.45, 2.75) is 263 Å². The number of carbonyl (C=O) groups excluding carboxylic acids is 8. The molecular weight excluding hydrogens is 1370 g/mol. The van der Waals surface area contributed by atoms with Crippen molar-refractivity contribution in [1.82, 2.24) is 51.5 Å². The third-order valence-electron chi connectivity index (χ3n) is 18.6. The molecule has 6 heterocycles. The van der Waals surface area contributed by atoms with Crippen LogP contribution in [0, 0.1) is 5.41 Å². The first-order valence-electron chi connectivity index (χ1n) is 37.4. The molecule has 106 heavy (non-hydrogen) atoms. The van der Waals surface area contributed by atoms with Gasteiger partial charge in [-0.05, 0) is 115 Å². The Morgan fingerprint density at radius 1 is 0.519 bits per heavy atom. The van der Waals surface area contributed by atoms with E-state index in [2.05, 4.69) is 73.4 Å². The molecule has 16 atom stereocenters. The number of furan rings is 1. The smallest absolute Gasteiger partial charge is 0.257 e. The lowest BCUT2D eigenvalue weighted by atomic mass is 9.81. The minimum absolute atomic E-state index is 0.00410. The maximum absolute atomic E-state index is 12.9. The number of anilines is 1. The molecule has 5 saturated heterocycles. The van der Waals surface area contributed by atoms with Crippen LogP contribution in [0.2, 0.25) is 0 Å². The summed E-state index contributed by atoms with van der Waals surface area (Å²) in [7, 11) is 3.75. The molecule has 30 nitrogen and oxygen atoms in total. The lowest BCUT2D eigenvalue weighted by Gasteiger charge is -2.35. The molecule has 4 unspecified atom stereocenters. The maximum Gasteiger partial charge on any atom is 0.257 e. The number of aliphatic hydroxyl groups excluding tert-OH is 10. The molecule has 2 aromatic carbocycles. The lowest BCUT2D eigenvalue weighted by Crippen LogP contribution is -2.56. The molecule has 0 spiro atoms. The van der Waals surface area contributed by atoms with Crippen molar-refractivity contribution in [3.05, 3.63) is 89.9 Å². The fraction of sp³-hybridized carbons (Fsp3) is 0.684. The highest BCUT2D eigenvalue weighted by molar-refractivity contribution is 6.00. The molecule has 5 fully saturated rings. The molecule has 16 N–H and O–H groups in total. The van der Waals surface area contributed by atoms with Gasteiger partial charge in [-0.2, -0.15) is 0 Å². The predicted octanol–water partition coefficient (Wildman–Crippen LogP) is 1.00. The first-order valence-corrected chi connectivity index (χ1v) is 37.4. The summed E-state index contributed by atoms with van der Waals surface area (Å²) in [5.74, 6) is -2.98. The molecule has 8 rings (SSSR count). The normalized spacial score (nSPS) is 25.8. The second-order valence-corrected chi connectivity index (χ2v) is 30.5. The minimum Gasteiger partial charge on any atom is -0.472 e. The van der Waals surface area contributed by atoms with Crippen molar-refractivity contribution < 1.29 is 93.8 Å². The van der Waals surface area contributed by atoms with Gasteiger partial charge in [0.2, 0.25) is 29.5 Å². The average Bonchev–Trinajstić information content (AvgIpc) is 1.65. The lowest BCUT2D eigenvalue weighted by molar-refractivity contribution is -0.130. The highest BCUT2D eigenvalue weighted by Gasteiger charge is 2.51. The van der Waals surface area contributed by atoms with Gasteiger partial charge in [0, 0.05) is 74.7 Å². The Morgan fingerprint density at radius 2 is 0.991 bits per heavy atom. The summed E-state index contributed by atoms with van der Waals surface area (Å²) in [6, 6.07) is 12.3. The summed E-state index contributed by atoms with van der Waals surface area (Å²) in [5.41, 5.74) is 1.45. The number of hydrogen-bond donors (Lipinski definition) is 16. The molecule has 30 heteroatoms. The third-order valence-corrected chi connectivity index (χ3v) is 18.6. The van der Waals surface area contributed by atoms with E-state index in [1.54, 1.807) is 62.4 Å². The van der Waals surface area contributed by atoms with Crippen molar-refractivity contribution in [2.75, 3.05) is 71.4 Å². The Labute approximate surface area is 625 Å². The van der Waals surface area contributed by atoms with Gasteiger partial charge < -0.3 is 107 Å². The Balaban J connectivity index is 0.000000284. The largest absolute Gasteiger partial charge is 0.472 e. The quantitative estimate of drug-likeness (QED) is 0.0499. The van der Waals surface area contributed by atoms with Crippen LogP contribution in [0.15, 0.2) is 77.6 Å². The number of likely N-dealkylation sites (tertiary alicyclic amines) is 4. The zero-order chi connectivity index (χ0) is 79.5. The van der Waals surface area contributed by atoms with Crippen LogP contribution in [-0.4, -0.2) is 293 Å². The molecule has 0 bridgehead atoms. The van der Waals surface area contributed by atoms with E-state index in [1.165, 1.54) is 28.4 Å². The SMILES string of the molecule is CC(C)(C)CC(C)(C)NC(=O)C1[C@H](O)[C@@H](O)CN1C(=O)c1ccccc1.CC(C)NC(=O)C1[C@H](O)[C@@H](O)CN1C(=O)c1ccoc1.CCCC(C)NC(=O)C1[C@H](O)[C@@H](O)CN1C(=O)c1cccc(N(C)C)c1.CCCCCNC(=O)[C@@H]1[C@@H](O)[C@@H](O)CN1CCCC.CCCCCNC(=O)[C@H]1NC[C@H](O)[C@@H]1O. The van der Waals surface area contributed by atoms with Crippen LogP contribution in [0.3, 0.4) is 0 Å². The van der Waals surface area contributed by atoms with Crippen LogP contribution < -0.4 is 36.8 Å². The number of aliphatic hydroxyl groups is 10. The van der Waals surface area contributed by atoms with E-state index >= 15 is 0 Å². The molecule has 598 valence electrons. The molecule has 1 aromatic heterocycles. The van der Waals surface area contributed by atoms with E-state index in [4.69, 9.17) is 4.42 Å². The topological polar surface area (TPSA) is 440 Å². The second kappa shape index (κ2) is 43.7. The number of hydrogen-bond acceptors (Lipinski definition) is 22. The number of nitrogens with one attached hydrogen (secondary N) is 6. The minimum atomic E-state index is -1.31. The van der Waals surface area contributed by atoms with Gasteiger partial charge in [0.15, 0.2) is 0 Å². The van der Waals surface area contributed by atoms with Crippen LogP contribution in [0.1, 0.15) is 185 Å². The molecule has 0 radical (unpaired) electrons. The second-order valence-electron chi connectivity index (χ2n) is 30.5. The first kappa shape index (κ1) is 91.2. The molecule has 5 aliphatic rings. The zero-order valence-corrected chi connectivity index (χ0v) is 64.6. The van der Waals surface area contributed by atoms with E-state index in [0.29, 0.717) is 30.8 Å². The standard InChI is InChI=1S/C20H30N2O4.C19H29N3O4.C14H28N2O3.C13H18N2O5.C10H20N2O3/c1-19(2,3)12-20(4,5)21-17(25)15-16(24)14(23)11-22(15)18(26)13-9-7-6-8-10-13;1-5-7-12(2)20-18(25)16-17(24)15(23)11-22(16)19(26)13-8-6-9-14(10-13)21(3)4;1-3-5-7-8-15-14(19)12-13(18)11(17)10-16(12)9-6-4-2;1-7(2)14-12(18)10-11(17)9(16)5-15(10)13(19)8-3-4-20-6-8;1-2-3-4-5-11-10(15)8-9(14)7(13)6-12-8/h6-10,14-16,23-24H,11-12H2,1-5H3,(H,21,25);6,8-10,12,15-17,23-24H,5,7,11H2,1-4H3,(H,20,25);11-13,17-18H,3-10H2,1-2H3,(H,15,19);3-4,6-7,9-11,16-17H,5H2,1-2H3,(H,14,18);7-9,12-14H,2-6H2,1H3,(H,11,15)/t14-,15?,16+;12?,15-,16?,17+;11-,12-,13-;9-,10?,11+;7-,8-,9-/m00000/s1. The molecule has 0 saturated carbocycles. The van der Waals surface area contributed by atoms with E-state index < -0.39 is 120 Å². The maximum atomic E-state index is 12.9. The zero-order valence-electron chi connectivity index (χ0n) is 64.6. The van der Waals surface area contributed by atoms with E-state index in [9.17, 15) is 89.4 Å². The number of amides is 8. The van der Waals surface area contributed by atoms with E-state index in [-0.39, 0.29) is 72.9 Å². The van der Waals surface area contributed by atoms with Gasteiger partial charge in [0.25, 0.3) is 17.7 Å². The Kier molecular flexibility index (Phi) is 37.6. The first-order chi connectivity index (χ1) is 49.9. The fourth-order valence-corrected chi connectivity index (χ4v) is 13.5. The molecule has 8 amide bonds. The summed E-state index contributed by atoms with van der Waals surface area (Å²) in [5, 5.41) is 115. The number of nitrogens with zero attached hydrogens (tertiary/aromatic N) is 5. The molecular formula is C76H125N11O19. The van der Waals surface area contributed by atoms with Crippen LogP contribution in [0.25, 0.3) is 0 Å². The average molecular weight is 1500 g/mol. The number of benzene rings is 2. The summed E-state index contributed by atoms with van der Waals surface area (Å²) in [6.45, 7) is 26.3. The summed E-state index contributed by atoms with van der Waals surface area (Å²) in [6.07, 6.45) is 2.41. The van der Waals surface area contributed by atoms with Gasteiger partial charge in [-0.1, -0.05) is 111 Å². The molecule has 3 aromatic rings. The summed E-state index contributed by atoms with van der Waals surface area (Å²) >= 11 is 0. The van der Waals surface area contributed by atoms with Crippen molar-refractivity contribution in [2.24, 2.45) is 5.41 Å². The molecule has 0 aliphatic carbocycles. The van der Waals surface area contributed by atoms with Gasteiger partial charge in [-0.25, -0.2) is 0 Å². The number of β-amino-alcohol motifs (C(OH)–C–C–N with tert-alkyl or cyclic N) is 5. The number of carbonyl (C=O) groups is 8. The Hall–Kier alpha value is -7.20. The van der Waals surface area contributed by atoms with Gasteiger partial charge in [-0.3, -0.25) is 43.3 Å². The summed E-state index contributed by atoms with van der Waals surface area (Å²) in [4.78, 5) is 107. The van der Waals surface area contributed by atoms with Gasteiger partial charge in [0.05, 0.1) is 43.7 Å². The van der Waals surface area contributed by atoms with Crippen LogP contribution in [0.5, 0.6) is 0 Å². The number of rotatable bonds is 26. The van der Waals surface area contributed by atoms with Crippen molar-refractivity contribution >= 4 is 52.9 Å². The van der Waals surface area contributed by atoms with E-state index in [1.807, 2.05) is 57.7 Å². The number of unbranched alkanes of at least 4 members (excludes halogenated alkanes) is 5. The monoisotopic (exact) mass is 1500 g/mol. The Morgan fingerprint density at radius 3 is 1.45 bits per heavy atom. The van der Waals surface area contributed by atoms with Crippen LogP contribution in [0.4, 0.5) is 5.69 Å². The fourth-order valence-electron chi connectivity index (χ4n) is 13.5. The van der Waals surface area contributed by atoms with Gasteiger partial charge in [0.1, 0.15) is 85.3 Å². The summed E-state index contributed by atoms with van der Waals surface area (Å²) < 4.78 is 4.84. The van der Waals surface area contributed by atoms with Crippen molar-refractivity contribution in [3.63, 3.8) is 0 Å². The van der Waals surface area contributed by atoms with Crippen molar-refractivity contribution in [3.8, 4) is 0 Å². The molecule has 5 aliphatic heterocycles. The highest BCUT2D eigenvalue weighted by Crippen LogP contribution is 2.30. The van der Waals surface area contributed by atoms with E-state index in [0.717, 1.165) is 87.8 Å². The Bertz CT molecular complexity index is 3200. The van der Waals surface area contributed by atoms with Gasteiger partial charge in [-0.15, -0.1) is 0 Å². The third kappa shape index (κ3) is 27.2. The highest BCUT2D eigenvalue weighted by atomic mass is 16.4. The van der Waals surface area contributed by atoms with Crippen LogP contribution >= 0.6 is 0 Å². The predicted molar refractivity (Wildman–Crippen MR) is 400 cm³/mol.